The van der Waals surface area contributed by atoms with Crippen LogP contribution in [-0.2, 0) is 0 Å². The van der Waals surface area contributed by atoms with E-state index in [0.717, 1.165) is 31.0 Å². The fourth-order valence-corrected chi connectivity index (χ4v) is 3.09. The Morgan fingerprint density at radius 3 is 2.81 bits per heavy atom. The van der Waals surface area contributed by atoms with Gasteiger partial charge >= 0.3 is 0 Å². The van der Waals surface area contributed by atoms with Gasteiger partial charge in [0.2, 0.25) is 0 Å². The normalized spacial score (nSPS) is 15.5. The van der Waals surface area contributed by atoms with Crippen molar-refractivity contribution in [3.05, 3.63) is 48.2 Å². The molecule has 0 unspecified atom stereocenters. The highest BCUT2D eigenvalue weighted by Gasteiger charge is 2.20. The number of para-hydroxylation sites is 1. The molecule has 1 fully saturated rings. The average molecular weight is 303 g/mol. The second-order valence-electron chi connectivity index (χ2n) is 4.79. The van der Waals surface area contributed by atoms with Gasteiger partial charge in [0, 0.05) is 24.9 Å². The molecule has 1 aliphatic rings. The molecular weight excluding hydrogens is 286 g/mol. The second-order valence-corrected chi connectivity index (χ2v) is 6.02. The number of benzene rings is 1. The first-order valence-corrected chi connectivity index (χ1v) is 8.18. The Morgan fingerprint density at radius 1 is 1.10 bits per heavy atom. The third-order valence-corrected chi connectivity index (χ3v) is 4.31. The molecule has 1 saturated heterocycles. The van der Waals surface area contributed by atoms with Gasteiger partial charge in [-0.3, -0.25) is 4.79 Å². The molecule has 0 saturated carbocycles. The number of furan rings is 1. The molecule has 0 bridgehead atoms. The van der Waals surface area contributed by atoms with Crippen LogP contribution >= 0.6 is 11.8 Å². The molecule has 1 amide bonds. The third kappa shape index (κ3) is 3.61. The summed E-state index contributed by atoms with van der Waals surface area (Å²) in [6, 6.07) is 12.7. The summed E-state index contributed by atoms with van der Waals surface area (Å²) in [5, 5.41) is 0. The lowest BCUT2D eigenvalue weighted by Crippen LogP contribution is -2.32. The van der Waals surface area contributed by atoms with Gasteiger partial charge in [-0.15, -0.1) is 0 Å². The molecule has 110 valence electrons. The highest BCUT2D eigenvalue weighted by molar-refractivity contribution is 7.99. The van der Waals surface area contributed by atoms with Gasteiger partial charge < -0.3 is 14.1 Å². The number of amides is 1. The number of hydrogen-bond acceptors (Lipinski definition) is 4. The van der Waals surface area contributed by atoms with E-state index < -0.39 is 0 Å². The summed E-state index contributed by atoms with van der Waals surface area (Å²) < 4.78 is 11.1. The van der Waals surface area contributed by atoms with Gasteiger partial charge in [-0.2, -0.15) is 11.8 Å². The Bertz CT molecular complexity index is 589. The van der Waals surface area contributed by atoms with Gasteiger partial charge in [0.15, 0.2) is 5.76 Å². The number of hydrogen-bond donors (Lipinski definition) is 0. The molecule has 2 aromatic rings. The molecule has 1 aromatic carbocycles. The SMILES string of the molecule is O=C(c1ccc(Oc2ccccc2)o1)N1CCCSCC1. The molecule has 0 atom stereocenters. The zero-order valence-corrected chi connectivity index (χ0v) is 12.5. The lowest BCUT2D eigenvalue weighted by molar-refractivity contribution is 0.0731. The van der Waals surface area contributed by atoms with E-state index in [1.807, 2.05) is 47.0 Å². The molecule has 1 aromatic heterocycles. The van der Waals surface area contributed by atoms with E-state index in [-0.39, 0.29) is 5.91 Å². The quantitative estimate of drug-likeness (QED) is 0.868. The minimum absolute atomic E-state index is 0.0552. The predicted octanol–water partition coefficient (Wildman–Crippen LogP) is 3.65. The fraction of sp³-hybridized carbons (Fsp3) is 0.312. The number of nitrogens with zero attached hydrogens (tertiary/aromatic N) is 1. The highest BCUT2D eigenvalue weighted by Crippen LogP contribution is 2.24. The average Bonchev–Trinajstić information content (AvgIpc) is 2.81. The number of carbonyl (C=O) groups excluding carboxylic acids is 1. The highest BCUT2D eigenvalue weighted by atomic mass is 32.2. The van der Waals surface area contributed by atoms with Crippen molar-refractivity contribution in [1.29, 1.82) is 0 Å². The van der Waals surface area contributed by atoms with Gasteiger partial charge in [0.05, 0.1) is 0 Å². The van der Waals surface area contributed by atoms with Crippen molar-refractivity contribution >= 4 is 17.7 Å². The lowest BCUT2D eigenvalue weighted by Gasteiger charge is -2.18. The summed E-state index contributed by atoms with van der Waals surface area (Å²) in [7, 11) is 0. The summed E-state index contributed by atoms with van der Waals surface area (Å²) in [4.78, 5) is 14.2. The summed E-state index contributed by atoms with van der Waals surface area (Å²) >= 11 is 1.89. The van der Waals surface area contributed by atoms with E-state index in [0.29, 0.717) is 17.5 Å². The van der Waals surface area contributed by atoms with Crippen molar-refractivity contribution < 1.29 is 13.9 Å². The van der Waals surface area contributed by atoms with Gasteiger partial charge in [-0.05, 0) is 30.4 Å². The first-order chi connectivity index (χ1) is 10.3. The van der Waals surface area contributed by atoms with Crippen molar-refractivity contribution in [2.75, 3.05) is 24.6 Å². The van der Waals surface area contributed by atoms with Crippen LogP contribution in [0.25, 0.3) is 0 Å². The van der Waals surface area contributed by atoms with Crippen LogP contribution in [0.15, 0.2) is 46.9 Å². The Kier molecular flexibility index (Phi) is 4.50. The van der Waals surface area contributed by atoms with Crippen molar-refractivity contribution in [3.63, 3.8) is 0 Å². The molecule has 1 aliphatic heterocycles. The van der Waals surface area contributed by atoms with E-state index in [9.17, 15) is 4.79 Å². The van der Waals surface area contributed by atoms with Crippen LogP contribution in [0.3, 0.4) is 0 Å². The minimum atomic E-state index is -0.0552. The monoisotopic (exact) mass is 303 g/mol. The van der Waals surface area contributed by atoms with Gasteiger partial charge in [-0.25, -0.2) is 0 Å². The Hall–Kier alpha value is -1.88. The summed E-state index contributed by atoms with van der Waals surface area (Å²) in [5.41, 5.74) is 0. The Morgan fingerprint density at radius 2 is 1.95 bits per heavy atom. The summed E-state index contributed by atoms with van der Waals surface area (Å²) in [5.74, 6) is 3.42. The topological polar surface area (TPSA) is 42.7 Å². The number of rotatable bonds is 3. The third-order valence-electron chi connectivity index (χ3n) is 3.26. The van der Waals surface area contributed by atoms with Crippen molar-refractivity contribution in [2.45, 2.75) is 6.42 Å². The Balaban J connectivity index is 1.67. The molecule has 0 radical (unpaired) electrons. The van der Waals surface area contributed by atoms with Crippen LogP contribution in [0, 0.1) is 0 Å². The van der Waals surface area contributed by atoms with Gasteiger partial charge in [-0.1, -0.05) is 18.2 Å². The molecule has 4 nitrogen and oxygen atoms in total. The van der Waals surface area contributed by atoms with Crippen LogP contribution in [0.5, 0.6) is 11.7 Å². The molecule has 5 heteroatoms. The van der Waals surface area contributed by atoms with E-state index in [1.165, 1.54) is 0 Å². The smallest absolute Gasteiger partial charge is 0.290 e. The molecular formula is C16H17NO3S. The van der Waals surface area contributed by atoms with E-state index in [2.05, 4.69) is 0 Å². The van der Waals surface area contributed by atoms with Crippen molar-refractivity contribution in [2.24, 2.45) is 0 Å². The maximum atomic E-state index is 12.4. The first-order valence-electron chi connectivity index (χ1n) is 7.03. The fourth-order valence-electron chi connectivity index (χ4n) is 2.20. The molecule has 0 spiro atoms. The van der Waals surface area contributed by atoms with E-state index in [1.54, 1.807) is 12.1 Å². The van der Waals surface area contributed by atoms with E-state index in [4.69, 9.17) is 9.15 Å². The molecule has 0 aliphatic carbocycles. The summed E-state index contributed by atoms with van der Waals surface area (Å²) in [6.45, 7) is 1.57. The summed E-state index contributed by atoms with van der Waals surface area (Å²) in [6.07, 6.45) is 1.03. The number of thioether (sulfide) groups is 1. The van der Waals surface area contributed by atoms with Gasteiger partial charge in [0.1, 0.15) is 5.75 Å². The number of ether oxygens (including phenoxy) is 1. The van der Waals surface area contributed by atoms with Crippen LogP contribution in [0.4, 0.5) is 0 Å². The second kappa shape index (κ2) is 6.72. The van der Waals surface area contributed by atoms with Crippen LogP contribution < -0.4 is 4.74 Å². The molecule has 0 N–H and O–H groups in total. The molecule has 2 heterocycles. The van der Waals surface area contributed by atoms with E-state index >= 15 is 0 Å². The van der Waals surface area contributed by atoms with Crippen molar-refractivity contribution in [1.82, 2.24) is 4.90 Å². The zero-order valence-electron chi connectivity index (χ0n) is 11.7. The van der Waals surface area contributed by atoms with Crippen LogP contribution in [-0.4, -0.2) is 35.4 Å². The maximum Gasteiger partial charge on any atom is 0.290 e. The van der Waals surface area contributed by atoms with Crippen LogP contribution in [0.2, 0.25) is 0 Å². The number of carbonyl (C=O) groups is 1. The predicted molar refractivity (Wildman–Crippen MR) is 83.1 cm³/mol. The largest absolute Gasteiger partial charge is 0.426 e. The Labute approximate surface area is 128 Å². The molecule has 21 heavy (non-hydrogen) atoms. The van der Waals surface area contributed by atoms with Crippen LogP contribution in [0.1, 0.15) is 17.0 Å². The minimum Gasteiger partial charge on any atom is -0.426 e. The maximum absolute atomic E-state index is 12.4. The standard InChI is InChI=1S/C16H17NO3S/c18-16(17-9-4-11-21-12-10-17)14-7-8-15(20-14)19-13-5-2-1-3-6-13/h1-3,5-8H,4,9-12H2. The first kappa shape index (κ1) is 14.1. The lowest BCUT2D eigenvalue weighted by atomic mass is 10.3. The molecule has 3 rings (SSSR count). The van der Waals surface area contributed by atoms with Gasteiger partial charge in [0.25, 0.3) is 11.9 Å². The zero-order chi connectivity index (χ0) is 14.5. The van der Waals surface area contributed by atoms with Crippen molar-refractivity contribution in [3.8, 4) is 11.7 Å².